The summed E-state index contributed by atoms with van der Waals surface area (Å²) in [6.07, 6.45) is 1.34. The fourth-order valence-electron chi connectivity index (χ4n) is 2.09. The van der Waals surface area contributed by atoms with E-state index in [1.165, 1.54) is 18.5 Å². The first-order chi connectivity index (χ1) is 10.9. The molecule has 23 heavy (non-hydrogen) atoms. The van der Waals surface area contributed by atoms with E-state index in [1.807, 2.05) is 13.8 Å². The lowest BCUT2D eigenvalue weighted by molar-refractivity contribution is 0.242. The first-order valence-corrected chi connectivity index (χ1v) is 8.55. The maximum absolute atomic E-state index is 12.4. The third-order valence-electron chi connectivity index (χ3n) is 3.09. The monoisotopic (exact) mass is 332 g/mol. The van der Waals surface area contributed by atoms with Crippen LogP contribution >= 0.6 is 0 Å². The number of anilines is 1. The van der Waals surface area contributed by atoms with Gasteiger partial charge in [-0.05, 0) is 50.2 Å². The number of sulfonamides is 1. The number of aromatic nitrogens is 1. The number of hydrogen-bond acceptors (Lipinski definition) is 5. The summed E-state index contributed by atoms with van der Waals surface area (Å²) >= 11 is 0. The second kappa shape index (κ2) is 5.92. The van der Waals surface area contributed by atoms with Gasteiger partial charge in [0.15, 0.2) is 12.0 Å². The number of ether oxygens (including phenoxy) is 1. The standard InChI is InChI=1S/C16H16N2O4S/c1-11(2)22-13-5-3-12(4-6-13)18-23(19,20)14-7-8-15-16(9-14)21-10-17-15/h3-11,18H,1-2H3. The molecule has 0 bridgehead atoms. The Bertz CT molecular complexity index is 915. The maximum atomic E-state index is 12.4. The van der Waals surface area contributed by atoms with E-state index in [2.05, 4.69) is 9.71 Å². The van der Waals surface area contributed by atoms with Crippen molar-refractivity contribution in [2.24, 2.45) is 0 Å². The summed E-state index contributed by atoms with van der Waals surface area (Å²) < 4.78 is 38.0. The van der Waals surface area contributed by atoms with E-state index in [-0.39, 0.29) is 11.0 Å². The Labute approximate surface area is 134 Å². The Balaban J connectivity index is 1.82. The molecule has 0 saturated heterocycles. The Kier molecular flexibility index (Phi) is 3.96. The molecule has 1 heterocycles. The van der Waals surface area contributed by atoms with Crippen molar-refractivity contribution in [3.8, 4) is 5.75 Å². The van der Waals surface area contributed by atoms with E-state index in [0.717, 1.165) is 0 Å². The molecule has 1 aromatic heterocycles. The molecule has 120 valence electrons. The molecule has 0 radical (unpaired) electrons. The number of rotatable bonds is 5. The molecule has 7 heteroatoms. The molecule has 0 aliphatic heterocycles. The lowest BCUT2D eigenvalue weighted by atomic mass is 10.3. The summed E-state index contributed by atoms with van der Waals surface area (Å²) in [6, 6.07) is 11.3. The predicted octanol–water partition coefficient (Wildman–Crippen LogP) is 3.42. The summed E-state index contributed by atoms with van der Waals surface area (Å²) in [5, 5.41) is 0. The van der Waals surface area contributed by atoms with Gasteiger partial charge in [0.1, 0.15) is 11.3 Å². The molecule has 6 nitrogen and oxygen atoms in total. The van der Waals surface area contributed by atoms with Crippen LogP contribution < -0.4 is 9.46 Å². The van der Waals surface area contributed by atoms with Crippen LogP contribution in [0.4, 0.5) is 5.69 Å². The average Bonchev–Trinajstić information content (AvgIpc) is 2.96. The number of benzene rings is 2. The highest BCUT2D eigenvalue weighted by Gasteiger charge is 2.16. The molecule has 0 atom stereocenters. The molecule has 0 spiro atoms. The third kappa shape index (κ3) is 3.45. The Hall–Kier alpha value is -2.54. The summed E-state index contributed by atoms with van der Waals surface area (Å²) in [6.45, 7) is 3.85. The van der Waals surface area contributed by atoms with Crippen LogP contribution in [0.1, 0.15) is 13.8 Å². The van der Waals surface area contributed by atoms with E-state index in [9.17, 15) is 8.42 Å². The highest BCUT2D eigenvalue weighted by Crippen LogP contribution is 2.22. The van der Waals surface area contributed by atoms with E-state index in [4.69, 9.17) is 9.15 Å². The van der Waals surface area contributed by atoms with Gasteiger partial charge in [0.25, 0.3) is 10.0 Å². The lowest BCUT2D eigenvalue weighted by Crippen LogP contribution is -2.13. The molecule has 3 rings (SSSR count). The molecular weight excluding hydrogens is 316 g/mol. The minimum atomic E-state index is -3.70. The van der Waals surface area contributed by atoms with Crippen molar-refractivity contribution in [3.63, 3.8) is 0 Å². The summed E-state index contributed by atoms with van der Waals surface area (Å²) in [5.41, 5.74) is 1.49. The molecule has 1 N–H and O–H groups in total. The van der Waals surface area contributed by atoms with Crippen molar-refractivity contribution in [2.45, 2.75) is 24.8 Å². The molecule has 0 amide bonds. The van der Waals surface area contributed by atoms with Crippen LogP contribution in [0.2, 0.25) is 0 Å². The molecular formula is C16H16N2O4S. The van der Waals surface area contributed by atoms with Crippen molar-refractivity contribution in [2.75, 3.05) is 4.72 Å². The number of nitrogens with zero attached hydrogens (tertiary/aromatic N) is 1. The largest absolute Gasteiger partial charge is 0.491 e. The van der Waals surface area contributed by atoms with Gasteiger partial charge in [-0.2, -0.15) is 0 Å². The van der Waals surface area contributed by atoms with Crippen molar-refractivity contribution in [1.82, 2.24) is 4.98 Å². The lowest BCUT2D eigenvalue weighted by Gasteiger charge is -2.11. The van der Waals surface area contributed by atoms with Gasteiger partial charge in [-0.3, -0.25) is 4.72 Å². The second-order valence-corrected chi connectivity index (χ2v) is 6.96. The summed E-state index contributed by atoms with van der Waals surface area (Å²) in [7, 11) is -3.70. The van der Waals surface area contributed by atoms with Crippen LogP contribution in [0.15, 0.2) is 58.2 Å². The minimum Gasteiger partial charge on any atom is -0.491 e. The summed E-state index contributed by atoms with van der Waals surface area (Å²) in [4.78, 5) is 4.08. The van der Waals surface area contributed by atoms with Gasteiger partial charge in [-0.25, -0.2) is 13.4 Å². The van der Waals surface area contributed by atoms with Gasteiger partial charge in [0.05, 0.1) is 11.0 Å². The quantitative estimate of drug-likeness (QED) is 0.774. The fraction of sp³-hybridized carbons (Fsp3) is 0.188. The van der Waals surface area contributed by atoms with Crippen LogP contribution in [0.3, 0.4) is 0 Å². The molecule has 2 aromatic carbocycles. The first kappa shape index (κ1) is 15.4. The fourth-order valence-corrected chi connectivity index (χ4v) is 3.16. The van der Waals surface area contributed by atoms with Crippen molar-refractivity contribution in [3.05, 3.63) is 48.9 Å². The highest BCUT2D eigenvalue weighted by molar-refractivity contribution is 7.92. The van der Waals surface area contributed by atoms with Crippen molar-refractivity contribution in [1.29, 1.82) is 0 Å². The zero-order valence-electron chi connectivity index (χ0n) is 12.7. The Morgan fingerprint density at radius 1 is 1.13 bits per heavy atom. The molecule has 0 fully saturated rings. The highest BCUT2D eigenvalue weighted by atomic mass is 32.2. The van der Waals surface area contributed by atoms with Crippen LogP contribution in [-0.2, 0) is 10.0 Å². The number of fused-ring (bicyclic) bond motifs is 1. The molecule has 0 aliphatic rings. The van der Waals surface area contributed by atoms with Crippen molar-refractivity contribution >= 4 is 26.8 Å². The zero-order chi connectivity index (χ0) is 16.4. The molecule has 0 saturated carbocycles. The smallest absolute Gasteiger partial charge is 0.262 e. The topological polar surface area (TPSA) is 81.4 Å². The van der Waals surface area contributed by atoms with E-state index >= 15 is 0 Å². The van der Waals surface area contributed by atoms with Crippen LogP contribution in [-0.4, -0.2) is 19.5 Å². The maximum Gasteiger partial charge on any atom is 0.262 e. The van der Waals surface area contributed by atoms with Gasteiger partial charge < -0.3 is 9.15 Å². The third-order valence-corrected chi connectivity index (χ3v) is 4.47. The number of oxazole rings is 1. The van der Waals surface area contributed by atoms with Crippen LogP contribution in [0.5, 0.6) is 5.75 Å². The number of hydrogen-bond donors (Lipinski definition) is 1. The van der Waals surface area contributed by atoms with Gasteiger partial charge in [-0.15, -0.1) is 0 Å². The van der Waals surface area contributed by atoms with Gasteiger partial charge >= 0.3 is 0 Å². The Morgan fingerprint density at radius 3 is 2.57 bits per heavy atom. The van der Waals surface area contributed by atoms with Crippen LogP contribution in [0, 0.1) is 0 Å². The molecule has 0 unspecified atom stereocenters. The minimum absolute atomic E-state index is 0.0613. The summed E-state index contributed by atoms with van der Waals surface area (Å²) in [5.74, 6) is 0.686. The second-order valence-electron chi connectivity index (χ2n) is 5.28. The van der Waals surface area contributed by atoms with E-state index in [1.54, 1.807) is 30.3 Å². The van der Waals surface area contributed by atoms with Gasteiger partial charge in [-0.1, -0.05) is 0 Å². The number of nitrogens with one attached hydrogen (secondary N) is 1. The SMILES string of the molecule is CC(C)Oc1ccc(NS(=O)(=O)c2ccc3ncoc3c2)cc1. The van der Waals surface area contributed by atoms with E-state index < -0.39 is 10.0 Å². The first-order valence-electron chi connectivity index (χ1n) is 7.07. The zero-order valence-corrected chi connectivity index (χ0v) is 13.5. The normalized spacial score (nSPS) is 11.8. The van der Waals surface area contributed by atoms with Crippen molar-refractivity contribution < 1.29 is 17.6 Å². The molecule has 3 aromatic rings. The van der Waals surface area contributed by atoms with Crippen LogP contribution in [0.25, 0.3) is 11.1 Å². The van der Waals surface area contributed by atoms with Gasteiger partial charge in [0.2, 0.25) is 0 Å². The molecule has 0 aliphatic carbocycles. The Morgan fingerprint density at radius 2 is 1.87 bits per heavy atom. The predicted molar refractivity (Wildman–Crippen MR) is 87.0 cm³/mol. The average molecular weight is 332 g/mol. The van der Waals surface area contributed by atoms with E-state index in [0.29, 0.717) is 22.5 Å². The van der Waals surface area contributed by atoms with Gasteiger partial charge in [0, 0.05) is 11.8 Å².